The van der Waals surface area contributed by atoms with Gasteiger partial charge >= 0.3 is 0 Å². The van der Waals surface area contributed by atoms with Crippen LogP contribution in [-0.4, -0.2) is 19.3 Å². The lowest BCUT2D eigenvalue weighted by Gasteiger charge is -2.28. The summed E-state index contributed by atoms with van der Waals surface area (Å²) >= 11 is 3.48. The van der Waals surface area contributed by atoms with Crippen LogP contribution in [0.3, 0.4) is 0 Å². The number of ether oxygens (including phenoxy) is 2. The molecule has 0 aliphatic heterocycles. The molecule has 2 rings (SSSR count). The molecule has 0 aromatic heterocycles. The standard InChI is InChI=1S/C14H20BrNO2/c1-17-11-3-2-4-12(8-11)18-13-5-6-14(15)10(7-13)9-16/h5-7,11-12H,2-4,8-9,16H2,1H3. The lowest BCUT2D eigenvalue weighted by molar-refractivity contribution is 0.0209. The molecule has 18 heavy (non-hydrogen) atoms. The van der Waals surface area contributed by atoms with Gasteiger partial charge in [-0.2, -0.15) is 0 Å². The molecular formula is C14H20BrNO2. The van der Waals surface area contributed by atoms with Gasteiger partial charge in [-0.3, -0.25) is 0 Å². The van der Waals surface area contributed by atoms with E-state index in [1.54, 1.807) is 7.11 Å². The van der Waals surface area contributed by atoms with Crippen LogP contribution < -0.4 is 10.5 Å². The van der Waals surface area contributed by atoms with Crippen molar-refractivity contribution in [3.8, 4) is 5.75 Å². The van der Waals surface area contributed by atoms with Crippen molar-refractivity contribution in [3.05, 3.63) is 28.2 Å². The Kier molecular flexibility index (Phi) is 5.03. The number of methoxy groups -OCH3 is 1. The minimum Gasteiger partial charge on any atom is -0.490 e. The maximum Gasteiger partial charge on any atom is 0.120 e. The normalized spacial score (nSPS) is 23.9. The summed E-state index contributed by atoms with van der Waals surface area (Å²) in [6.07, 6.45) is 5.00. The van der Waals surface area contributed by atoms with Gasteiger partial charge in [-0.05, 0) is 43.0 Å². The first kappa shape index (κ1) is 13.8. The molecule has 2 N–H and O–H groups in total. The Morgan fingerprint density at radius 1 is 1.33 bits per heavy atom. The average molecular weight is 314 g/mol. The molecule has 0 radical (unpaired) electrons. The first-order valence-electron chi connectivity index (χ1n) is 6.41. The van der Waals surface area contributed by atoms with Gasteiger partial charge in [-0.15, -0.1) is 0 Å². The minimum absolute atomic E-state index is 0.260. The van der Waals surface area contributed by atoms with E-state index in [9.17, 15) is 0 Å². The Bertz CT molecular complexity index is 397. The molecule has 3 nitrogen and oxygen atoms in total. The Morgan fingerprint density at radius 2 is 2.11 bits per heavy atom. The van der Waals surface area contributed by atoms with E-state index < -0.39 is 0 Å². The summed E-state index contributed by atoms with van der Waals surface area (Å²) in [5.74, 6) is 0.903. The van der Waals surface area contributed by atoms with Gasteiger partial charge in [0.15, 0.2) is 0 Å². The Morgan fingerprint density at radius 3 is 2.83 bits per heavy atom. The molecule has 0 amide bonds. The maximum absolute atomic E-state index is 6.03. The van der Waals surface area contributed by atoms with Gasteiger partial charge in [0.05, 0.1) is 6.10 Å². The minimum atomic E-state index is 0.260. The van der Waals surface area contributed by atoms with E-state index in [0.29, 0.717) is 12.6 Å². The van der Waals surface area contributed by atoms with Crippen molar-refractivity contribution in [2.75, 3.05) is 7.11 Å². The van der Waals surface area contributed by atoms with Crippen molar-refractivity contribution in [3.63, 3.8) is 0 Å². The van der Waals surface area contributed by atoms with E-state index in [4.69, 9.17) is 15.2 Å². The van der Waals surface area contributed by atoms with E-state index in [1.165, 1.54) is 6.42 Å². The van der Waals surface area contributed by atoms with Crippen molar-refractivity contribution in [2.24, 2.45) is 5.73 Å². The molecule has 1 aliphatic rings. The van der Waals surface area contributed by atoms with Crippen molar-refractivity contribution in [1.29, 1.82) is 0 Å². The fraction of sp³-hybridized carbons (Fsp3) is 0.571. The predicted octanol–water partition coefficient (Wildman–Crippen LogP) is 3.24. The van der Waals surface area contributed by atoms with Gasteiger partial charge < -0.3 is 15.2 Å². The van der Waals surface area contributed by atoms with Gasteiger partial charge in [0.2, 0.25) is 0 Å². The van der Waals surface area contributed by atoms with Crippen molar-refractivity contribution < 1.29 is 9.47 Å². The van der Waals surface area contributed by atoms with Gasteiger partial charge in [0.1, 0.15) is 11.9 Å². The molecule has 1 fully saturated rings. The Balaban J connectivity index is 2.00. The molecule has 0 bridgehead atoms. The Labute approximate surface area is 117 Å². The van der Waals surface area contributed by atoms with Gasteiger partial charge in [-0.25, -0.2) is 0 Å². The van der Waals surface area contributed by atoms with Crippen LogP contribution >= 0.6 is 15.9 Å². The van der Waals surface area contributed by atoms with Crippen LogP contribution in [0.5, 0.6) is 5.75 Å². The summed E-state index contributed by atoms with van der Waals surface area (Å²) in [4.78, 5) is 0. The number of hydrogen-bond donors (Lipinski definition) is 1. The molecule has 0 spiro atoms. The average Bonchev–Trinajstić information content (AvgIpc) is 2.41. The number of halogens is 1. The smallest absolute Gasteiger partial charge is 0.120 e. The van der Waals surface area contributed by atoms with Crippen LogP contribution in [0.2, 0.25) is 0 Å². The highest BCUT2D eigenvalue weighted by atomic mass is 79.9. The van der Waals surface area contributed by atoms with Crippen LogP contribution in [0.25, 0.3) is 0 Å². The van der Waals surface area contributed by atoms with Crippen LogP contribution in [0.15, 0.2) is 22.7 Å². The third-order valence-electron chi connectivity index (χ3n) is 3.45. The SMILES string of the molecule is COC1CCCC(Oc2ccc(Br)c(CN)c2)C1. The van der Waals surface area contributed by atoms with E-state index >= 15 is 0 Å². The summed E-state index contributed by atoms with van der Waals surface area (Å²) in [6.45, 7) is 0.517. The molecule has 1 saturated carbocycles. The van der Waals surface area contributed by atoms with Crippen LogP contribution in [0.4, 0.5) is 0 Å². The molecule has 1 aromatic rings. The summed E-state index contributed by atoms with van der Waals surface area (Å²) in [7, 11) is 1.78. The number of benzene rings is 1. The third-order valence-corrected chi connectivity index (χ3v) is 4.22. The van der Waals surface area contributed by atoms with Crippen molar-refractivity contribution in [1.82, 2.24) is 0 Å². The molecular weight excluding hydrogens is 294 g/mol. The molecule has 1 aromatic carbocycles. The predicted molar refractivity (Wildman–Crippen MR) is 75.7 cm³/mol. The number of rotatable bonds is 4. The summed E-state index contributed by atoms with van der Waals surface area (Å²) in [5, 5.41) is 0. The third kappa shape index (κ3) is 3.46. The highest BCUT2D eigenvalue weighted by molar-refractivity contribution is 9.10. The van der Waals surface area contributed by atoms with Crippen molar-refractivity contribution in [2.45, 2.75) is 44.4 Å². The molecule has 100 valence electrons. The Hall–Kier alpha value is -0.580. The monoisotopic (exact) mass is 313 g/mol. The van der Waals surface area contributed by atoms with Gasteiger partial charge in [0.25, 0.3) is 0 Å². The maximum atomic E-state index is 6.03. The van der Waals surface area contributed by atoms with E-state index in [2.05, 4.69) is 15.9 Å². The number of hydrogen-bond acceptors (Lipinski definition) is 3. The summed E-state index contributed by atoms with van der Waals surface area (Å²) in [6, 6.07) is 5.99. The summed E-state index contributed by atoms with van der Waals surface area (Å²) in [5.41, 5.74) is 6.77. The van der Waals surface area contributed by atoms with Gasteiger partial charge in [-0.1, -0.05) is 15.9 Å². The van der Waals surface area contributed by atoms with Crippen molar-refractivity contribution >= 4 is 15.9 Å². The number of nitrogens with two attached hydrogens (primary N) is 1. The lowest BCUT2D eigenvalue weighted by Crippen LogP contribution is -2.29. The first-order valence-corrected chi connectivity index (χ1v) is 7.20. The fourth-order valence-electron chi connectivity index (χ4n) is 2.40. The first-order chi connectivity index (χ1) is 8.72. The second kappa shape index (κ2) is 6.55. The largest absolute Gasteiger partial charge is 0.490 e. The second-order valence-corrected chi connectivity index (χ2v) is 5.58. The quantitative estimate of drug-likeness (QED) is 0.928. The fourth-order valence-corrected chi connectivity index (χ4v) is 2.81. The molecule has 0 saturated heterocycles. The molecule has 2 atom stereocenters. The second-order valence-electron chi connectivity index (χ2n) is 4.72. The molecule has 4 heteroatoms. The molecule has 2 unspecified atom stereocenters. The topological polar surface area (TPSA) is 44.5 Å². The van der Waals surface area contributed by atoms with Crippen LogP contribution in [0.1, 0.15) is 31.2 Å². The highest BCUT2D eigenvalue weighted by Crippen LogP contribution is 2.27. The molecule has 1 aliphatic carbocycles. The zero-order chi connectivity index (χ0) is 13.0. The van der Waals surface area contributed by atoms with Gasteiger partial charge in [0, 0.05) is 24.5 Å². The zero-order valence-corrected chi connectivity index (χ0v) is 12.3. The molecule has 0 heterocycles. The zero-order valence-electron chi connectivity index (χ0n) is 10.7. The van der Waals surface area contributed by atoms with E-state index in [-0.39, 0.29) is 6.10 Å². The van der Waals surface area contributed by atoms with Crippen LogP contribution in [0, 0.1) is 0 Å². The van der Waals surface area contributed by atoms with Crippen LogP contribution in [-0.2, 0) is 11.3 Å². The van der Waals surface area contributed by atoms with E-state index in [1.807, 2.05) is 18.2 Å². The lowest BCUT2D eigenvalue weighted by atomic mass is 9.95. The summed E-state index contributed by atoms with van der Waals surface area (Å²) < 4.78 is 12.5. The highest BCUT2D eigenvalue weighted by Gasteiger charge is 2.23. The van der Waals surface area contributed by atoms with E-state index in [0.717, 1.165) is 35.0 Å².